The predicted molar refractivity (Wildman–Crippen MR) is 86.9 cm³/mol. The molecule has 25 heavy (non-hydrogen) atoms. The Bertz CT molecular complexity index is 924. The summed E-state index contributed by atoms with van der Waals surface area (Å²) in [6.45, 7) is 3.16. The van der Waals surface area contributed by atoms with Crippen LogP contribution in [0.25, 0.3) is 16.9 Å². The molecule has 8 heteroatoms. The standard InChI is InChI=1S/C17H16F3N5/c1-10-14(15-12(19)7-11(18)8-13(15)20)16(24-5-3-2-4-6-24)25-17(23-10)21-9-22-25/h7-9H,2-6H2,1H3. The highest BCUT2D eigenvalue weighted by molar-refractivity contribution is 5.80. The molecule has 0 saturated carbocycles. The van der Waals surface area contributed by atoms with Gasteiger partial charge >= 0.3 is 0 Å². The van der Waals surface area contributed by atoms with Crippen LogP contribution in [-0.2, 0) is 0 Å². The third kappa shape index (κ3) is 2.61. The van der Waals surface area contributed by atoms with Crippen LogP contribution in [0, 0.1) is 24.4 Å². The molecule has 0 amide bonds. The Morgan fingerprint density at radius 3 is 2.32 bits per heavy atom. The minimum Gasteiger partial charge on any atom is -0.356 e. The quantitative estimate of drug-likeness (QED) is 0.712. The second-order valence-electron chi connectivity index (χ2n) is 6.16. The van der Waals surface area contributed by atoms with Gasteiger partial charge in [0.1, 0.15) is 29.6 Å². The maximum atomic E-state index is 14.5. The second-order valence-corrected chi connectivity index (χ2v) is 6.16. The largest absolute Gasteiger partial charge is 0.356 e. The lowest BCUT2D eigenvalue weighted by molar-refractivity contribution is 0.546. The lowest BCUT2D eigenvalue weighted by Gasteiger charge is -2.31. The van der Waals surface area contributed by atoms with E-state index in [0.717, 1.165) is 32.4 Å². The molecule has 0 spiro atoms. The zero-order valence-electron chi connectivity index (χ0n) is 13.6. The summed E-state index contributed by atoms with van der Waals surface area (Å²) in [5.74, 6) is -1.96. The monoisotopic (exact) mass is 347 g/mol. The average molecular weight is 347 g/mol. The molecule has 3 aromatic rings. The summed E-state index contributed by atoms with van der Waals surface area (Å²) in [6.07, 6.45) is 4.42. The maximum absolute atomic E-state index is 14.5. The van der Waals surface area contributed by atoms with Crippen LogP contribution in [0.2, 0.25) is 0 Å². The summed E-state index contributed by atoms with van der Waals surface area (Å²) < 4.78 is 43.8. The van der Waals surface area contributed by atoms with Crippen molar-refractivity contribution in [1.82, 2.24) is 19.6 Å². The maximum Gasteiger partial charge on any atom is 0.254 e. The molecule has 4 rings (SSSR count). The summed E-state index contributed by atoms with van der Waals surface area (Å²) in [4.78, 5) is 10.4. The number of halogens is 3. The lowest BCUT2D eigenvalue weighted by atomic mass is 10.0. The number of piperidine rings is 1. The number of anilines is 1. The molecule has 0 bridgehead atoms. The van der Waals surface area contributed by atoms with Gasteiger partial charge in [-0.2, -0.15) is 14.6 Å². The average Bonchev–Trinajstić information content (AvgIpc) is 3.02. The smallest absolute Gasteiger partial charge is 0.254 e. The molecule has 0 N–H and O–H groups in total. The van der Waals surface area contributed by atoms with E-state index in [9.17, 15) is 13.2 Å². The van der Waals surface area contributed by atoms with Crippen molar-refractivity contribution < 1.29 is 13.2 Å². The Hall–Kier alpha value is -2.64. The van der Waals surface area contributed by atoms with E-state index in [4.69, 9.17) is 0 Å². The van der Waals surface area contributed by atoms with Gasteiger partial charge in [-0.1, -0.05) is 0 Å². The normalized spacial score (nSPS) is 15.1. The first-order chi connectivity index (χ1) is 12.1. The van der Waals surface area contributed by atoms with Gasteiger partial charge < -0.3 is 4.90 Å². The molecule has 2 aromatic heterocycles. The summed E-state index contributed by atoms with van der Waals surface area (Å²) in [5, 5.41) is 4.18. The Kier molecular flexibility index (Phi) is 3.82. The van der Waals surface area contributed by atoms with Gasteiger partial charge in [0, 0.05) is 25.2 Å². The summed E-state index contributed by atoms with van der Waals surface area (Å²) >= 11 is 0. The fourth-order valence-corrected chi connectivity index (χ4v) is 3.41. The summed E-state index contributed by atoms with van der Waals surface area (Å²) in [7, 11) is 0. The van der Waals surface area contributed by atoms with Gasteiger partial charge in [-0.15, -0.1) is 0 Å². The van der Waals surface area contributed by atoms with Crippen molar-refractivity contribution in [3.05, 3.63) is 41.6 Å². The second kappa shape index (κ2) is 6.02. The van der Waals surface area contributed by atoms with Crippen molar-refractivity contribution in [3.8, 4) is 11.1 Å². The Balaban J connectivity index is 2.05. The van der Waals surface area contributed by atoms with Crippen molar-refractivity contribution in [3.63, 3.8) is 0 Å². The van der Waals surface area contributed by atoms with Gasteiger partial charge in [0.2, 0.25) is 0 Å². The van der Waals surface area contributed by atoms with E-state index in [1.165, 1.54) is 10.8 Å². The fourth-order valence-electron chi connectivity index (χ4n) is 3.41. The highest BCUT2D eigenvalue weighted by Crippen LogP contribution is 2.37. The topological polar surface area (TPSA) is 46.3 Å². The molecule has 0 unspecified atom stereocenters. The number of rotatable bonds is 2. The first-order valence-corrected chi connectivity index (χ1v) is 8.16. The molecule has 1 aliphatic rings. The molecule has 1 aromatic carbocycles. The molecule has 5 nitrogen and oxygen atoms in total. The highest BCUT2D eigenvalue weighted by Gasteiger charge is 2.26. The zero-order chi connectivity index (χ0) is 17.6. The number of aromatic nitrogens is 4. The van der Waals surface area contributed by atoms with E-state index in [2.05, 4.69) is 15.1 Å². The van der Waals surface area contributed by atoms with Gasteiger partial charge in [-0.3, -0.25) is 0 Å². The molecule has 1 saturated heterocycles. The van der Waals surface area contributed by atoms with E-state index < -0.39 is 17.5 Å². The van der Waals surface area contributed by atoms with Gasteiger partial charge in [-0.05, 0) is 26.2 Å². The number of hydrogen-bond donors (Lipinski definition) is 0. The SMILES string of the molecule is Cc1nc2ncnn2c(N2CCCCC2)c1-c1c(F)cc(F)cc1F. The van der Waals surface area contributed by atoms with Crippen LogP contribution < -0.4 is 4.90 Å². The Labute approximate surface area is 142 Å². The zero-order valence-corrected chi connectivity index (χ0v) is 13.6. The van der Waals surface area contributed by atoms with Crippen LogP contribution >= 0.6 is 0 Å². The van der Waals surface area contributed by atoms with Crippen molar-refractivity contribution in [2.45, 2.75) is 26.2 Å². The predicted octanol–water partition coefficient (Wildman–Crippen LogP) is 3.51. The van der Waals surface area contributed by atoms with E-state index in [1.54, 1.807) is 6.92 Å². The molecular formula is C17H16F3N5. The molecule has 0 radical (unpaired) electrons. The molecular weight excluding hydrogens is 331 g/mol. The summed E-state index contributed by atoms with van der Waals surface area (Å²) in [6, 6.07) is 1.37. The van der Waals surface area contributed by atoms with Crippen LogP contribution in [0.4, 0.5) is 19.0 Å². The third-order valence-electron chi connectivity index (χ3n) is 4.50. The molecule has 0 atom stereocenters. The molecule has 1 fully saturated rings. The molecule has 1 aliphatic heterocycles. The van der Waals surface area contributed by atoms with E-state index >= 15 is 0 Å². The summed E-state index contributed by atoms with van der Waals surface area (Å²) in [5.41, 5.74) is 0.421. The molecule has 3 heterocycles. The van der Waals surface area contributed by atoms with E-state index in [-0.39, 0.29) is 11.1 Å². The molecule has 0 aliphatic carbocycles. The number of fused-ring (bicyclic) bond motifs is 1. The number of benzene rings is 1. The fraction of sp³-hybridized carbons (Fsp3) is 0.353. The molecule has 130 valence electrons. The Morgan fingerprint density at radius 2 is 1.64 bits per heavy atom. The van der Waals surface area contributed by atoms with Crippen LogP contribution in [0.15, 0.2) is 18.5 Å². The van der Waals surface area contributed by atoms with Gasteiger partial charge in [0.05, 0.1) is 16.8 Å². The van der Waals surface area contributed by atoms with Crippen molar-refractivity contribution in [2.24, 2.45) is 0 Å². The van der Waals surface area contributed by atoms with E-state index in [1.807, 2.05) is 4.90 Å². The first-order valence-electron chi connectivity index (χ1n) is 8.16. The van der Waals surface area contributed by atoms with Crippen LogP contribution in [0.1, 0.15) is 25.0 Å². The van der Waals surface area contributed by atoms with Crippen LogP contribution in [-0.4, -0.2) is 32.7 Å². The first kappa shape index (κ1) is 15.9. The van der Waals surface area contributed by atoms with Gasteiger partial charge in [0.25, 0.3) is 5.78 Å². The van der Waals surface area contributed by atoms with Crippen molar-refractivity contribution in [1.29, 1.82) is 0 Å². The van der Waals surface area contributed by atoms with E-state index in [0.29, 0.717) is 29.4 Å². The number of aryl methyl sites for hydroxylation is 1. The van der Waals surface area contributed by atoms with Crippen LogP contribution in [0.3, 0.4) is 0 Å². The van der Waals surface area contributed by atoms with Gasteiger partial charge in [0.15, 0.2) is 0 Å². The highest BCUT2D eigenvalue weighted by atomic mass is 19.1. The lowest BCUT2D eigenvalue weighted by Crippen LogP contribution is -2.32. The van der Waals surface area contributed by atoms with Crippen molar-refractivity contribution in [2.75, 3.05) is 18.0 Å². The Morgan fingerprint density at radius 1 is 0.960 bits per heavy atom. The third-order valence-corrected chi connectivity index (χ3v) is 4.50. The van der Waals surface area contributed by atoms with Crippen LogP contribution in [0.5, 0.6) is 0 Å². The number of nitrogens with zero attached hydrogens (tertiary/aromatic N) is 5. The minimum atomic E-state index is -0.958. The van der Waals surface area contributed by atoms with Gasteiger partial charge in [-0.25, -0.2) is 18.2 Å². The minimum absolute atomic E-state index is 0.287. The van der Waals surface area contributed by atoms with Crippen molar-refractivity contribution >= 4 is 11.6 Å². The number of hydrogen-bond acceptors (Lipinski definition) is 4.